The lowest BCUT2D eigenvalue weighted by Gasteiger charge is -2.43. The topological polar surface area (TPSA) is 21.3 Å². The minimum absolute atomic E-state index is 0.181. The third-order valence-electron chi connectivity index (χ3n) is 4.41. The number of rotatable bonds is 3. The molecule has 4 heteroatoms. The lowest BCUT2D eigenvalue weighted by atomic mass is 9.85. The van der Waals surface area contributed by atoms with Crippen molar-refractivity contribution in [2.75, 3.05) is 18.1 Å². The molecule has 1 aromatic rings. The standard InChI is InChI=1S/C16H22BrNOS/c17-14-3-1-13(2-4-14)12-18-15-5-8-19-16(11-15)6-9-20-10-7-16/h1-4,15,18H,5-12H2. The van der Waals surface area contributed by atoms with E-state index < -0.39 is 0 Å². The molecule has 1 aromatic carbocycles. The van der Waals surface area contributed by atoms with Crippen LogP contribution in [0.25, 0.3) is 0 Å². The molecule has 1 spiro atoms. The molecule has 1 atom stereocenters. The molecule has 0 aliphatic carbocycles. The van der Waals surface area contributed by atoms with Crippen LogP contribution in [0.15, 0.2) is 28.7 Å². The van der Waals surface area contributed by atoms with Gasteiger partial charge in [0.2, 0.25) is 0 Å². The number of halogens is 1. The number of benzene rings is 1. The minimum atomic E-state index is 0.181. The Balaban J connectivity index is 1.53. The lowest BCUT2D eigenvalue weighted by Crippen LogP contribution is -2.48. The molecule has 0 bridgehead atoms. The summed E-state index contributed by atoms with van der Waals surface area (Å²) in [4.78, 5) is 0. The highest BCUT2D eigenvalue weighted by Gasteiger charge is 2.38. The predicted octanol–water partition coefficient (Wildman–Crippen LogP) is 3.98. The van der Waals surface area contributed by atoms with Crippen LogP contribution >= 0.6 is 27.7 Å². The molecule has 2 fully saturated rings. The first-order valence-corrected chi connectivity index (χ1v) is 9.40. The van der Waals surface area contributed by atoms with Crippen LogP contribution in [0, 0.1) is 0 Å². The van der Waals surface area contributed by atoms with Crippen molar-refractivity contribution >= 4 is 27.7 Å². The third-order valence-corrected chi connectivity index (χ3v) is 5.92. The predicted molar refractivity (Wildman–Crippen MR) is 89.2 cm³/mol. The van der Waals surface area contributed by atoms with Crippen molar-refractivity contribution in [1.82, 2.24) is 5.32 Å². The highest BCUT2D eigenvalue weighted by molar-refractivity contribution is 9.10. The molecule has 3 rings (SSSR count). The fraction of sp³-hybridized carbons (Fsp3) is 0.625. The zero-order chi connectivity index (χ0) is 13.8. The van der Waals surface area contributed by atoms with Crippen molar-refractivity contribution in [2.24, 2.45) is 0 Å². The van der Waals surface area contributed by atoms with Crippen LogP contribution in [0.2, 0.25) is 0 Å². The maximum Gasteiger partial charge on any atom is 0.0713 e. The highest BCUT2D eigenvalue weighted by atomic mass is 79.9. The van der Waals surface area contributed by atoms with Gasteiger partial charge in [-0.25, -0.2) is 0 Å². The minimum Gasteiger partial charge on any atom is -0.375 e. The van der Waals surface area contributed by atoms with Crippen LogP contribution in [-0.2, 0) is 11.3 Å². The molecule has 2 nitrogen and oxygen atoms in total. The van der Waals surface area contributed by atoms with Crippen molar-refractivity contribution in [3.05, 3.63) is 34.3 Å². The first kappa shape index (κ1) is 14.9. The van der Waals surface area contributed by atoms with Crippen LogP contribution in [0.4, 0.5) is 0 Å². The number of ether oxygens (including phenoxy) is 1. The second-order valence-electron chi connectivity index (χ2n) is 5.84. The largest absolute Gasteiger partial charge is 0.375 e. The van der Waals surface area contributed by atoms with Gasteiger partial charge in [-0.15, -0.1) is 0 Å². The number of nitrogens with one attached hydrogen (secondary N) is 1. The molecule has 1 unspecified atom stereocenters. The van der Waals surface area contributed by atoms with E-state index in [4.69, 9.17) is 4.74 Å². The first-order valence-electron chi connectivity index (χ1n) is 7.45. The monoisotopic (exact) mass is 355 g/mol. The van der Waals surface area contributed by atoms with Crippen molar-refractivity contribution in [3.63, 3.8) is 0 Å². The molecular weight excluding hydrogens is 334 g/mol. The zero-order valence-electron chi connectivity index (χ0n) is 11.7. The van der Waals surface area contributed by atoms with Gasteiger partial charge in [-0.1, -0.05) is 28.1 Å². The van der Waals surface area contributed by atoms with E-state index in [0.29, 0.717) is 6.04 Å². The van der Waals surface area contributed by atoms with Gasteiger partial charge in [-0.2, -0.15) is 11.8 Å². The van der Waals surface area contributed by atoms with Gasteiger partial charge in [-0.05, 0) is 54.9 Å². The number of hydrogen-bond acceptors (Lipinski definition) is 3. The number of hydrogen-bond donors (Lipinski definition) is 1. The van der Waals surface area contributed by atoms with E-state index in [-0.39, 0.29) is 5.60 Å². The molecule has 1 N–H and O–H groups in total. The Kier molecular flexibility index (Phi) is 5.08. The summed E-state index contributed by atoms with van der Waals surface area (Å²) in [7, 11) is 0. The Morgan fingerprint density at radius 2 is 2.00 bits per heavy atom. The van der Waals surface area contributed by atoms with Crippen molar-refractivity contribution < 1.29 is 4.74 Å². The van der Waals surface area contributed by atoms with E-state index >= 15 is 0 Å². The summed E-state index contributed by atoms with van der Waals surface area (Å²) in [6.45, 7) is 1.88. The van der Waals surface area contributed by atoms with Crippen LogP contribution in [-0.4, -0.2) is 29.8 Å². The summed E-state index contributed by atoms with van der Waals surface area (Å²) >= 11 is 5.55. The van der Waals surface area contributed by atoms with Crippen molar-refractivity contribution in [1.29, 1.82) is 0 Å². The molecule has 2 aliphatic heterocycles. The SMILES string of the molecule is Brc1ccc(CNC2CCOC3(CCSCC3)C2)cc1. The molecular formula is C16H22BrNOS. The molecule has 0 radical (unpaired) electrons. The summed E-state index contributed by atoms with van der Waals surface area (Å²) in [5, 5.41) is 3.73. The molecule has 20 heavy (non-hydrogen) atoms. The fourth-order valence-corrected chi connectivity index (χ4v) is 4.66. The second-order valence-corrected chi connectivity index (χ2v) is 7.98. The Morgan fingerprint density at radius 1 is 1.25 bits per heavy atom. The molecule has 2 aliphatic rings. The quantitative estimate of drug-likeness (QED) is 0.885. The average molecular weight is 356 g/mol. The third kappa shape index (κ3) is 3.79. The summed E-state index contributed by atoms with van der Waals surface area (Å²) in [5.74, 6) is 2.53. The van der Waals surface area contributed by atoms with E-state index in [1.807, 2.05) is 0 Å². The first-order chi connectivity index (χ1) is 9.76. The zero-order valence-corrected chi connectivity index (χ0v) is 14.1. The van der Waals surface area contributed by atoms with Crippen molar-refractivity contribution in [2.45, 2.75) is 43.9 Å². The maximum atomic E-state index is 6.14. The Hall–Kier alpha value is -0.0300. The Bertz CT molecular complexity index is 425. The number of thioether (sulfide) groups is 1. The molecule has 0 amide bonds. The fourth-order valence-electron chi connectivity index (χ4n) is 3.16. The lowest BCUT2D eigenvalue weighted by molar-refractivity contribution is -0.0933. The smallest absolute Gasteiger partial charge is 0.0713 e. The Labute approximate surface area is 134 Å². The normalized spacial score (nSPS) is 25.8. The van der Waals surface area contributed by atoms with Crippen LogP contribution < -0.4 is 5.32 Å². The summed E-state index contributed by atoms with van der Waals surface area (Å²) < 4.78 is 7.29. The van der Waals surface area contributed by atoms with Gasteiger partial charge in [0.05, 0.1) is 5.60 Å². The average Bonchev–Trinajstić information content (AvgIpc) is 2.48. The van der Waals surface area contributed by atoms with E-state index in [9.17, 15) is 0 Å². The van der Waals surface area contributed by atoms with E-state index in [1.165, 1.54) is 36.3 Å². The van der Waals surface area contributed by atoms with E-state index in [0.717, 1.165) is 24.0 Å². The van der Waals surface area contributed by atoms with Crippen LogP contribution in [0.1, 0.15) is 31.2 Å². The van der Waals surface area contributed by atoms with Crippen LogP contribution in [0.3, 0.4) is 0 Å². The van der Waals surface area contributed by atoms with Gasteiger partial charge >= 0.3 is 0 Å². The van der Waals surface area contributed by atoms with Gasteiger partial charge in [0.15, 0.2) is 0 Å². The van der Waals surface area contributed by atoms with E-state index in [2.05, 4.69) is 57.3 Å². The summed E-state index contributed by atoms with van der Waals surface area (Å²) in [6.07, 6.45) is 4.79. The summed E-state index contributed by atoms with van der Waals surface area (Å²) in [5.41, 5.74) is 1.54. The maximum absolute atomic E-state index is 6.14. The molecule has 110 valence electrons. The van der Waals surface area contributed by atoms with Gasteiger partial charge < -0.3 is 10.1 Å². The highest BCUT2D eigenvalue weighted by Crippen LogP contribution is 2.37. The van der Waals surface area contributed by atoms with E-state index in [1.54, 1.807) is 0 Å². The Morgan fingerprint density at radius 3 is 2.75 bits per heavy atom. The summed E-state index contributed by atoms with van der Waals surface area (Å²) in [6, 6.07) is 9.20. The van der Waals surface area contributed by atoms with Gasteiger partial charge in [0.25, 0.3) is 0 Å². The molecule has 0 saturated carbocycles. The van der Waals surface area contributed by atoms with Gasteiger partial charge in [-0.3, -0.25) is 0 Å². The second kappa shape index (κ2) is 6.82. The van der Waals surface area contributed by atoms with Gasteiger partial charge in [0, 0.05) is 23.7 Å². The van der Waals surface area contributed by atoms with Crippen LogP contribution in [0.5, 0.6) is 0 Å². The molecule has 2 saturated heterocycles. The van der Waals surface area contributed by atoms with Crippen molar-refractivity contribution in [3.8, 4) is 0 Å². The van der Waals surface area contributed by atoms with Gasteiger partial charge in [0.1, 0.15) is 0 Å². The molecule has 0 aromatic heterocycles. The molecule has 2 heterocycles.